The van der Waals surface area contributed by atoms with Crippen LogP contribution >= 0.6 is 22.6 Å². The largest absolute Gasteiger partial charge is 0.0611 e. The van der Waals surface area contributed by atoms with Crippen molar-refractivity contribution in [3.8, 4) is 0 Å². The van der Waals surface area contributed by atoms with Crippen molar-refractivity contribution < 1.29 is 0 Å². The summed E-state index contributed by atoms with van der Waals surface area (Å²) in [5.74, 6) is 0. The van der Waals surface area contributed by atoms with E-state index >= 15 is 0 Å². The molecule has 0 spiro atoms. The molecule has 0 unspecified atom stereocenters. The predicted molar refractivity (Wildman–Crippen MR) is 65.5 cm³/mol. The maximum atomic E-state index is 8.40. The Labute approximate surface area is 94.5 Å². The zero-order valence-electron chi connectivity index (χ0n) is 7.18. The molecule has 0 saturated carbocycles. The Morgan fingerprint density at radius 1 is 1.07 bits per heavy atom. The molecule has 0 bridgehead atoms. The SMILES string of the molecule is [N-]=[N+]=Nc1cccc2c([125I])cccc12. The summed E-state index contributed by atoms with van der Waals surface area (Å²) < 4.78 is 1.16. The summed E-state index contributed by atoms with van der Waals surface area (Å²) in [5, 5.41) is 5.77. The van der Waals surface area contributed by atoms with Crippen LogP contribution in [0.2, 0.25) is 0 Å². The molecule has 0 radical (unpaired) electrons. The Morgan fingerprint density at radius 2 is 1.79 bits per heavy atom. The molecule has 0 aromatic heterocycles. The minimum Gasteiger partial charge on any atom is -0.0611 e. The first-order valence-electron chi connectivity index (χ1n) is 4.05. The van der Waals surface area contributed by atoms with Crippen LogP contribution in [0.4, 0.5) is 5.69 Å². The lowest BCUT2D eigenvalue weighted by Crippen LogP contribution is -1.76. The molecular formula is C10H6IN3. The van der Waals surface area contributed by atoms with Gasteiger partial charge in [-0.05, 0) is 45.0 Å². The van der Waals surface area contributed by atoms with Crippen molar-refractivity contribution in [2.24, 2.45) is 5.11 Å². The van der Waals surface area contributed by atoms with Crippen LogP contribution in [0.15, 0.2) is 41.5 Å². The number of fused-ring (bicyclic) bond motifs is 1. The number of benzene rings is 2. The lowest BCUT2D eigenvalue weighted by Gasteiger charge is -2.02. The van der Waals surface area contributed by atoms with Crippen molar-refractivity contribution in [2.45, 2.75) is 0 Å². The van der Waals surface area contributed by atoms with E-state index < -0.39 is 0 Å². The van der Waals surface area contributed by atoms with E-state index in [-0.39, 0.29) is 0 Å². The minimum absolute atomic E-state index is 0.684. The van der Waals surface area contributed by atoms with E-state index in [0.717, 1.165) is 14.3 Å². The Bertz CT molecular complexity index is 530. The topological polar surface area (TPSA) is 48.8 Å². The summed E-state index contributed by atoms with van der Waals surface area (Å²) in [6, 6.07) is 11.7. The van der Waals surface area contributed by atoms with E-state index in [1.807, 2.05) is 36.4 Å². The summed E-state index contributed by atoms with van der Waals surface area (Å²) in [4.78, 5) is 2.81. The minimum atomic E-state index is 0.684. The standard InChI is InChI=1S/C10H6IN3/c11-9-5-1-4-8-7(9)3-2-6-10(8)13-14-12/h1-6H/i11-2. The van der Waals surface area contributed by atoms with Gasteiger partial charge in [-0.2, -0.15) is 0 Å². The van der Waals surface area contributed by atoms with Crippen LogP contribution in [0.1, 0.15) is 0 Å². The zero-order valence-corrected chi connectivity index (χ0v) is 9.34. The second kappa shape index (κ2) is 3.86. The van der Waals surface area contributed by atoms with Gasteiger partial charge < -0.3 is 0 Å². The lowest BCUT2D eigenvalue weighted by atomic mass is 10.1. The summed E-state index contributed by atoms with van der Waals surface area (Å²) in [6.07, 6.45) is 0. The van der Waals surface area contributed by atoms with Crippen molar-refractivity contribution in [1.82, 2.24) is 0 Å². The van der Waals surface area contributed by atoms with Crippen LogP contribution in [0, 0.1) is 3.57 Å². The van der Waals surface area contributed by atoms with Gasteiger partial charge in [-0.15, -0.1) is 0 Å². The van der Waals surface area contributed by atoms with Crippen molar-refractivity contribution in [3.05, 3.63) is 50.4 Å². The fourth-order valence-electron chi connectivity index (χ4n) is 1.39. The second-order valence-electron chi connectivity index (χ2n) is 2.80. The first-order chi connectivity index (χ1) is 6.83. The fourth-order valence-corrected chi connectivity index (χ4v) is 2.07. The van der Waals surface area contributed by atoms with Gasteiger partial charge in [-0.3, -0.25) is 0 Å². The van der Waals surface area contributed by atoms with Crippen LogP contribution < -0.4 is 0 Å². The first-order valence-corrected chi connectivity index (χ1v) is 5.13. The first kappa shape index (κ1) is 9.30. The van der Waals surface area contributed by atoms with E-state index in [4.69, 9.17) is 5.53 Å². The zero-order chi connectivity index (χ0) is 9.97. The van der Waals surface area contributed by atoms with Gasteiger partial charge in [0.15, 0.2) is 0 Å². The highest BCUT2D eigenvalue weighted by Gasteiger charge is 2.00. The number of rotatable bonds is 1. The maximum Gasteiger partial charge on any atom is 0.0454 e. The van der Waals surface area contributed by atoms with E-state index in [0.29, 0.717) is 5.69 Å². The van der Waals surface area contributed by atoms with Gasteiger partial charge in [-0.1, -0.05) is 35.4 Å². The van der Waals surface area contributed by atoms with Crippen molar-refractivity contribution in [2.75, 3.05) is 0 Å². The molecule has 0 amide bonds. The van der Waals surface area contributed by atoms with Gasteiger partial charge in [0.05, 0.1) is 0 Å². The molecule has 0 heterocycles. The van der Waals surface area contributed by atoms with Crippen molar-refractivity contribution >= 4 is 39.1 Å². The fraction of sp³-hybridized carbons (Fsp3) is 0. The highest BCUT2D eigenvalue weighted by atomic mass is 125. The lowest BCUT2D eigenvalue weighted by molar-refractivity contribution is 1.51. The third kappa shape index (κ3) is 1.54. The molecule has 68 valence electrons. The van der Waals surface area contributed by atoms with Crippen LogP contribution in [-0.2, 0) is 0 Å². The van der Waals surface area contributed by atoms with Gasteiger partial charge in [0.2, 0.25) is 0 Å². The number of halogens is 1. The molecule has 0 aliphatic rings. The number of azide groups is 1. The molecule has 0 aliphatic carbocycles. The van der Waals surface area contributed by atoms with E-state index in [1.54, 1.807) is 0 Å². The van der Waals surface area contributed by atoms with Crippen molar-refractivity contribution in [1.29, 1.82) is 0 Å². The van der Waals surface area contributed by atoms with E-state index in [2.05, 4.69) is 32.6 Å². The second-order valence-corrected chi connectivity index (χ2v) is 3.96. The average molecular weight is 293 g/mol. The quantitative estimate of drug-likeness (QED) is 0.324. The smallest absolute Gasteiger partial charge is 0.0454 e. The van der Waals surface area contributed by atoms with Gasteiger partial charge in [0.25, 0.3) is 0 Å². The Morgan fingerprint density at radius 3 is 2.57 bits per heavy atom. The van der Waals surface area contributed by atoms with Crippen LogP contribution in [0.5, 0.6) is 0 Å². The monoisotopic (exact) mass is 293 g/mol. The number of hydrogen-bond acceptors (Lipinski definition) is 1. The highest BCUT2D eigenvalue weighted by Crippen LogP contribution is 2.28. The average Bonchev–Trinajstić information content (AvgIpc) is 2.20. The van der Waals surface area contributed by atoms with Crippen molar-refractivity contribution in [3.63, 3.8) is 0 Å². The molecule has 14 heavy (non-hydrogen) atoms. The Kier molecular flexibility index (Phi) is 2.56. The molecule has 0 aliphatic heterocycles. The van der Waals surface area contributed by atoms with Crippen LogP contribution in [0.25, 0.3) is 21.2 Å². The van der Waals surface area contributed by atoms with E-state index in [9.17, 15) is 0 Å². The predicted octanol–water partition coefficient (Wildman–Crippen LogP) is 4.39. The van der Waals surface area contributed by atoms with Gasteiger partial charge in [0.1, 0.15) is 0 Å². The molecule has 0 N–H and O–H groups in total. The Balaban J connectivity index is 2.87. The third-order valence-corrected chi connectivity index (χ3v) is 2.94. The molecule has 2 aromatic rings. The van der Waals surface area contributed by atoms with Gasteiger partial charge in [0, 0.05) is 14.2 Å². The number of hydrogen-bond donors (Lipinski definition) is 0. The summed E-state index contributed by atoms with van der Waals surface area (Å²) in [5.41, 5.74) is 9.09. The molecule has 0 fully saturated rings. The number of nitrogens with zero attached hydrogens (tertiary/aromatic N) is 3. The van der Waals surface area contributed by atoms with Gasteiger partial charge in [-0.25, -0.2) is 0 Å². The van der Waals surface area contributed by atoms with E-state index in [1.165, 1.54) is 0 Å². The highest BCUT2D eigenvalue weighted by molar-refractivity contribution is 14.1. The van der Waals surface area contributed by atoms with Crippen LogP contribution in [-0.4, -0.2) is 0 Å². The molecule has 4 heteroatoms. The summed E-state index contributed by atoms with van der Waals surface area (Å²) >= 11 is 2.27. The van der Waals surface area contributed by atoms with Gasteiger partial charge >= 0.3 is 0 Å². The molecular weight excluding hydrogens is 287 g/mol. The third-order valence-electron chi connectivity index (χ3n) is 2.00. The summed E-state index contributed by atoms with van der Waals surface area (Å²) in [6.45, 7) is 0. The molecule has 2 rings (SSSR count). The molecule has 3 nitrogen and oxygen atoms in total. The van der Waals surface area contributed by atoms with Crippen LogP contribution in [0.3, 0.4) is 0 Å². The molecule has 0 atom stereocenters. The molecule has 0 saturated heterocycles. The summed E-state index contributed by atoms with van der Waals surface area (Å²) in [7, 11) is 0. The molecule has 2 aromatic carbocycles. The maximum absolute atomic E-state index is 8.40. The normalized spacial score (nSPS) is 9.79. The Hall–Kier alpha value is -1.26.